The van der Waals surface area contributed by atoms with Crippen molar-refractivity contribution in [3.8, 4) is 0 Å². The number of hydrogen-bond donors (Lipinski definition) is 0. The van der Waals surface area contributed by atoms with Gasteiger partial charge in [0.25, 0.3) is 0 Å². The van der Waals surface area contributed by atoms with Gasteiger partial charge in [0, 0.05) is 18.8 Å². The predicted octanol–water partition coefficient (Wildman–Crippen LogP) is 4.80. The highest BCUT2D eigenvalue weighted by Gasteiger charge is 2.60. The Labute approximate surface area is 140 Å². The van der Waals surface area contributed by atoms with E-state index in [1.807, 2.05) is 6.92 Å². The maximum Gasteiger partial charge on any atom is 0.133 e. The molecule has 4 fully saturated rings. The lowest BCUT2D eigenvalue weighted by Gasteiger charge is -2.60. The zero-order valence-corrected chi connectivity index (χ0v) is 15.1. The molecule has 0 heterocycles. The number of Topliss-reactive ketones (excluding diaryl/α,β-unsaturated/α-hetero) is 2. The third-order valence-electron chi connectivity index (χ3n) is 8.91. The Morgan fingerprint density at radius 2 is 1.70 bits per heavy atom. The van der Waals surface area contributed by atoms with Crippen molar-refractivity contribution in [1.29, 1.82) is 0 Å². The Balaban J connectivity index is 1.64. The Kier molecular flexibility index (Phi) is 3.56. The second kappa shape index (κ2) is 5.17. The molecule has 7 atom stereocenters. The fourth-order valence-electron chi connectivity index (χ4n) is 7.80. The van der Waals surface area contributed by atoms with Crippen LogP contribution in [0.25, 0.3) is 0 Å². The lowest BCUT2D eigenvalue weighted by Crippen LogP contribution is -2.54. The Morgan fingerprint density at radius 3 is 2.43 bits per heavy atom. The second-order valence-corrected chi connectivity index (χ2v) is 9.70. The molecule has 0 aromatic heterocycles. The molecule has 0 N–H and O–H groups in total. The molecular weight excluding hydrogens is 284 g/mol. The molecule has 0 saturated heterocycles. The molecule has 2 heteroatoms. The minimum Gasteiger partial charge on any atom is -0.300 e. The maximum atomic E-state index is 12.2. The minimum atomic E-state index is 0.245. The fraction of sp³-hybridized carbons (Fsp3) is 0.905. The van der Waals surface area contributed by atoms with Crippen LogP contribution in [-0.4, -0.2) is 11.6 Å². The molecule has 4 saturated carbocycles. The lowest BCUT2D eigenvalue weighted by atomic mass is 9.44. The van der Waals surface area contributed by atoms with Crippen molar-refractivity contribution in [2.45, 2.75) is 78.6 Å². The van der Waals surface area contributed by atoms with Gasteiger partial charge in [-0.25, -0.2) is 0 Å². The summed E-state index contributed by atoms with van der Waals surface area (Å²) in [5, 5.41) is 0. The molecule has 0 aromatic rings. The van der Waals surface area contributed by atoms with Gasteiger partial charge in [-0.2, -0.15) is 0 Å². The van der Waals surface area contributed by atoms with Gasteiger partial charge in [-0.1, -0.05) is 13.8 Å². The van der Waals surface area contributed by atoms with E-state index in [9.17, 15) is 9.59 Å². The quantitative estimate of drug-likeness (QED) is 0.696. The monoisotopic (exact) mass is 316 g/mol. The van der Waals surface area contributed by atoms with Crippen molar-refractivity contribution in [2.75, 3.05) is 0 Å². The van der Waals surface area contributed by atoms with Crippen LogP contribution < -0.4 is 0 Å². The first-order valence-electron chi connectivity index (χ1n) is 9.88. The molecule has 0 amide bonds. The molecule has 0 spiro atoms. The Bertz CT molecular complexity index is 538. The first-order chi connectivity index (χ1) is 10.9. The summed E-state index contributed by atoms with van der Waals surface area (Å²) in [5.74, 6) is 4.22. The molecule has 0 unspecified atom stereocenters. The van der Waals surface area contributed by atoms with E-state index in [2.05, 4.69) is 13.8 Å². The van der Waals surface area contributed by atoms with E-state index in [1.165, 1.54) is 32.1 Å². The summed E-state index contributed by atoms with van der Waals surface area (Å²) in [6, 6.07) is 0. The van der Waals surface area contributed by atoms with Gasteiger partial charge in [0.1, 0.15) is 11.6 Å². The first-order valence-corrected chi connectivity index (χ1v) is 9.88. The van der Waals surface area contributed by atoms with Crippen LogP contribution in [0.2, 0.25) is 0 Å². The van der Waals surface area contributed by atoms with Gasteiger partial charge in [0.15, 0.2) is 0 Å². The van der Waals surface area contributed by atoms with Crippen LogP contribution in [0.15, 0.2) is 0 Å². The number of carbonyl (C=O) groups is 2. The zero-order chi connectivity index (χ0) is 16.4. The lowest BCUT2D eigenvalue weighted by molar-refractivity contribution is -0.143. The number of fused-ring (bicyclic) bond motifs is 5. The van der Waals surface area contributed by atoms with Gasteiger partial charge >= 0.3 is 0 Å². The van der Waals surface area contributed by atoms with Crippen LogP contribution in [0.3, 0.4) is 0 Å². The second-order valence-electron chi connectivity index (χ2n) is 9.70. The van der Waals surface area contributed by atoms with Gasteiger partial charge < -0.3 is 0 Å². The van der Waals surface area contributed by atoms with Gasteiger partial charge in [-0.05, 0) is 86.4 Å². The summed E-state index contributed by atoms with van der Waals surface area (Å²) >= 11 is 0. The molecule has 4 aliphatic carbocycles. The highest BCUT2D eigenvalue weighted by molar-refractivity contribution is 5.80. The van der Waals surface area contributed by atoms with Gasteiger partial charge in [-0.15, -0.1) is 0 Å². The predicted molar refractivity (Wildman–Crippen MR) is 90.9 cm³/mol. The zero-order valence-electron chi connectivity index (χ0n) is 15.1. The van der Waals surface area contributed by atoms with Crippen LogP contribution >= 0.6 is 0 Å². The Hall–Kier alpha value is -0.660. The topological polar surface area (TPSA) is 34.1 Å². The molecule has 0 aromatic carbocycles. The van der Waals surface area contributed by atoms with E-state index >= 15 is 0 Å². The van der Waals surface area contributed by atoms with Crippen molar-refractivity contribution >= 4 is 11.6 Å². The molecular formula is C21H32O2. The van der Waals surface area contributed by atoms with E-state index in [1.54, 1.807) is 0 Å². The van der Waals surface area contributed by atoms with Crippen LogP contribution in [-0.2, 0) is 9.59 Å². The molecule has 23 heavy (non-hydrogen) atoms. The average Bonchev–Trinajstić information content (AvgIpc) is 2.83. The number of carbonyl (C=O) groups excluding carboxylic acids is 2. The molecule has 4 aliphatic rings. The van der Waals surface area contributed by atoms with E-state index < -0.39 is 0 Å². The Morgan fingerprint density at radius 1 is 0.957 bits per heavy atom. The summed E-state index contributed by atoms with van der Waals surface area (Å²) in [4.78, 5) is 24.3. The molecule has 0 aliphatic heterocycles. The van der Waals surface area contributed by atoms with Crippen molar-refractivity contribution in [1.82, 2.24) is 0 Å². The van der Waals surface area contributed by atoms with Crippen molar-refractivity contribution in [3.05, 3.63) is 0 Å². The minimum absolute atomic E-state index is 0.245. The highest BCUT2D eigenvalue weighted by atomic mass is 16.1. The van der Waals surface area contributed by atoms with Crippen LogP contribution in [0, 0.1) is 40.4 Å². The van der Waals surface area contributed by atoms with Crippen LogP contribution in [0.4, 0.5) is 0 Å². The largest absolute Gasteiger partial charge is 0.300 e. The van der Waals surface area contributed by atoms with E-state index in [0.717, 1.165) is 49.4 Å². The SMILES string of the molecule is CC(=O)[C@@H]1CC[C@@H]2[C@@H]3CC[C@H]4CCC(=O)C[C@]4(C)[C@@H]3CC[C@@]21C. The molecule has 0 bridgehead atoms. The third-order valence-corrected chi connectivity index (χ3v) is 8.91. The smallest absolute Gasteiger partial charge is 0.133 e. The standard InChI is InChI=1S/C21H32O2/c1-13(22)17-8-9-18-16-7-5-14-4-6-15(23)12-21(14,3)19(16)10-11-20(17,18)2/h14,16-19H,4-12H2,1-3H3/t14-,16+,17+,18-,19-,20-,21+/m1/s1. The van der Waals surface area contributed by atoms with Crippen molar-refractivity contribution < 1.29 is 9.59 Å². The third kappa shape index (κ3) is 2.12. The normalized spacial score (nSPS) is 52.5. The number of hydrogen-bond acceptors (Lipinski definition) is 2. The molecule has 4 rings (SSSR count). The van der Waals surface area contributed by atoms with Crippen molar-refractivity contribution in [2.24, 2.45) is 40.4 Å². The fourth-order valence-corrected chi connectivity index (χ4v) is 7.80. The average molecular weight is 316 g/mol. The molecule has 2 nitrogen and oxygen atoms in total. The van der Waals surface area contributed by atoms with E-state index in [4.69, 9.17) is 0 Å². The highest BCUT2D eigenvalue weighted by Crippen LogP contribution is 2.67. The summed E-state index contributed by atoms with van der Waals surface area (Å²) in [7, 11) is 0. The molecule has 128 valence electrons. The van der Waals surface area contributed by atoms with Crippen molar-refractivity contribution in [3.63, 3.8) is 0 Å². The first kappa shape index (κ1) is 15.8. The van der Waals surface area contributed by atoms with Gasteiger partial charge in [0.05, 0.1) is 0 Å². The molecule has 0 radical (unpaired) electrons. The van der Waals surface area contributed by atoms with E-state index in [0.29, 0.717) is 17.5 Å². The maximum absolute atomic E-state index is 12.2. The number of ketones is 2. The van der Waals surface area contributed by atoms with Gasteiger partial charge in [-0.3, -0.25) is 9.59 Å². The summed E-state index contributed by atoms with van der Waals surface area (Å²) in [5.41, 5.74) is 0.503. The van der Waals surface area contributed by atoms with Gasteiger partial charge in [0.2, 0.25) is 0 Å². The van der Waals surface area contributed by atoms with Crippen LogP contribution in [0.1, 0.15) is 78.6 Å². The van der Waals surface area contributed by atoms with Crippen LogP contribution in [0.5, 0.6) is 0 Å². The summed E-state index contributed by atoms with van der Waals surface area (Å²) in [6.07, 6.45) is 10.3. The summed E-state index contributed by atoms with van der Waals surface area (Å²) < 4.78 is 0. The van der Waals surface area contributed by atoms with E-state index in [-0.39, 0.29) is 10.8 Å². The number of rotatable bonds is 1. The summed E-state index contributed by atoms with van der Waals surface area (Å²) in [6.45, 7) is 6.65.